The first kappa shape index (κ1) is 15.6. The van der Waals surface area contributed by atoms with Gasteiger partial charge in [-0.1, -0.05) is 0 Å². The lowest BCUT2D eigenvalue weighted by Gasteiger charge is -2.22. The second kappa shape index (κ2) is 6.76. The van der Waals surface area contributed by atoms with E-state index in [2.05, 4.69) is 10.3 Å². The Balaban J connectivity index is 1.99. The smallest absolute Gasteiger partial charge is 0.433 e. The molecule has 4 nitrogen and oxygen atoms in total. The molecule has 2 rings (SSSR count). The molecule has 1 fully saturated rings. The zero-order valence-electron chi connectivity index (χ0n) is 11.4. The van der Waals surface area contributed by atoms with E-state index >= 15 is 0 Å². The number of halogens is 3. The number of alkyl halides is 3. The largest absolute Gasteiger partial charge is 0.477 e. The van der Waals surface area contributed by atoms with Crippen molar-refractivity contribution in [3.05, 3.63) is 23.4 Å². The highest BCUT2D eigenvalue weighted by Gasteiger charge is 2.33. The maximum Gasteiger partial charge on any atom is 0.433 e. The second-order valence-corrected chi connectivity index (χ2v) is 5.01. The van der Waals surface area contributed by atoms with Gasteiger partial charge in [0.15, 0.2) is 0 Å². The van der Waals surface area contributed by atoms with Gasteiger partial charge in [-0.25, -0.2) is 4.98 Å². The highest BCUT2D eigenvalue weighted by atomic mass is 19.4. The van der Waals surface area contributed by atoms with E-state index in [0.717, 1.165) is 44.5 Å². The molecule has 1 aliphatic rings. The first-order valence-corrected chi connectivity index (χ1v) is 6.82. The Morgan fingerprint density at radius 1 is 1.43 bits per heavy atom. The summed E-state index contributed by atoms with van der Waals surface area (Å²) in [6.45, 7) is 2.16. The quantitative estimate of drug-likeness (QED) is 0.928. The molecule has 1 N–H and O–H groups in total. The summed E-state index contributed by atoms with van der Waals surface area (Å²) in [6.07, 6.45) is -1.64. The van der Waals surface area contributed by atoms with Crippen molar-refractivity contribution >= 4 is 0 Å². The van der Waals surface area contributed by atoms with Gasteiger partial charge in [-0.15, -0.1) is 0 Å². The summed E-state index contributed by atoms with van der Waals surface area (Å²) in [5.41, 5.74) is -1.03. The first-order chi connectivity index (χ1) is 10.0. The summed E-state index contributed by atoms with van der Waals surface area (Å²) in [6, 6.07) is 3.67. The maximum atomic E-state index is 12.6. The SMILES string of the molecule is N#Cc1ccc(C(F)(F)F)nc1OCCC1CCCNC1. The van der Waals surface area contributed by atoms with E-state index in [9.17, 15) is 13.2 Å². The van der Waals surface area contributed by atoms with Crippen molar-refractivity contribution in [2.75, 3.05) is 19.7 Å². The third-order valence-corrected chi connectivity index (χ3v) is 3.43. The summed E-state index contributed by atoms with van der Waals surface area (Å²) in [7, 11) is 0. The molecule has 1 atom stereocenters. The zero-order valence-corrected chi connectivity index (χ0v) is 11.4. The Morgan fingerprint density at radius 2 is 2.24 bits per heavy atom. The molecule has 0 aromatic carbocycles. The van der Waals surface area contributed by atoms with Crippen molar-refractivity contribution in [1.29, 1.82) is 5.26 Å². The van der Waals surface area contributed by atoms with Gasteiger partial charge in [-0.2, -0.15) is 18.4 Å². The van der Waals surface area contributed by atoms with Crippen LogP contribution in [0.4, 0.5) is 13.2 Å². The van der Waals surface area contributed by atoms with Gasteiger partial charge < -0.3 is 10.1 Å². The minimum Gasteiger partial charge on any atom is -0.477 e. The summed E-state index contributed by atoms with van der Waals surface area (Å²) in [5.74, 6) is 0.214. The molecule has 0 amide bonds. The molecule has 21 heavy (non-hydrogen) atoms. The van der Waals surface area contributed by atoms with Crippen LogP contribution in [-0.4, -0.2) is 24.7 Å². The summed E-state index contributed by atoms with van der Waals surface area (Å²) in [5, 5.41) is 12.2. The highest BCUT2D eigenvalue weighted by molar-refractivity contribution is 5.39. The Bertz CT molecular complexity index is 519. The van der Waals surface area contributed by atoms with Crippen molar-refractivity contribution in [2.45, 2.75) is 25.4 Å². The van der Waals surface area contributed by atoms with Crippen molar-refractivity contribution in [2.24, 2.45) is 5.92 Å². The van der Waals surface area contributed by atoms with Crippen molar-refractivity contribution < 1.29 is 17.9 Å². The average molecular weight is 299 g/mol. The van der Waals surface area contributed by atoms with Crippen LogP contribution in [0.2, 0.25) is 0 Å². The monoisotopic (exact) mass is 299 g/mol. The van der Waals surface area contributed by atoms with E-state index < -0.39 is 11.9 Å². The summed E-state index contributed by atoms with van der Waals surface area (Å²) < 4.78 is 43.1. The van der Waals surface area contributed by atoms with Gasteiger partial charge in [0.05, 0.1) is 6.61 Å². The number of hydrogen-bond acceptors (Lipinski definition) is 4. The van der Waals surface area contributed by atoms with Crippen LogP contribution >= 0.6 is 0 Å². The Labute approximate surface area is 120 Å². The topological polar surface area (TPSA) is 57.9 Å². The van der Waals surface area contributed by atoms with Gasteiger partial charge in [0.2, 0.25) is 5.88 Å². The van der Waals surface area contributed by atoms with Crippen molar-refractivity contribution in [3.63, 3.8) is 0 Å². The van der Waals surface area contributed by atoms with Gasteiger partial charge in [0.1, 0.15) is 17.3 Å². The summed E-state index contributed by atoms with van der Waals surface area (Å²) in [4.78, 5) is 3.41. The fraction of sp³-hybridized carbons (Fsp3) is 0.571. The van der Waals surface area contributed by atoms with Crippen LogP contribution < -0.4 is 10.1 Å². The van der Waals surface area contributed by atoms with Gasteiger partial charge in [-0.3, -0.25) is 0 Å². The standard InChI is InChI=1S/C14H16F3N3O/c15-14(16,17)12-4-3-11(8-18)13(20-12)21-7-5-10-2-1-6-19-9-10/h3-4,10,19H,1-2,5-7,9H2. The number of ether oxygens (including phenoxy) is 1. The predicted molar refractivity (Wildman–Crippen MR) is 69.7 cm³/mol. The molecule has 1 aliphatic heterocycles. The highest BCUT2D eigenvalue weighted by Crippen LogP contribution is 2.30. The van der Waals surface area contributed by atoms with E-state index in [-0.39, 0.29) is 18.1 Å². The number of piperidine rings is 1. The van der Waals surface area contributed by atoms with E-state index in [1.165, 1.54) is 0 Å². The molecule has 1 saturated heterocycles. The number of rotatable bonds is 4. The minimum absolute atomic E-state index is 0.0183. The maximum absolute atomic E-state index is 12.6. The molecule has 1 aromatic rings. The minimum atomic E-state index is -4.54. The van der Waals surface area contributed by atoms with Gasteiger partial charge in [0.25, 0.3) is 0 Å². The first-order valence-electron chi connectivity index (χ1n) is 6.82. The lowest BCUT2D eigenvalue weighted by atomic mass is 9.97. The van der Waals surface area contributed by atoms with E-state index in [1.54, 1.807) is 6.07 Å². The van der Waals surface area contributed by atoms with Crippen molar-refractivity contribution in [1.82, 2.24) is 10.3 Å². The Kier molecular flexibility index (Phi) is 5.02. The third kappa shape index (κ3) is 4.33. The predicted octanol–water partition coefficient (Wildman–Crippen LogP) is 2.74. The lowest BCUT2D eigenvalue weighted by molar-refractivity contribution is -0.141. The number of aromatic nitrogens is 1. The van der Waals surface area contributed by atoms with E-state index in [0.29, 0.717) is 5.92 Å². The van der Waals surface area contributed by atoms with Crippen LogP contribution in [0, 0.1) is 17.2 Å². The molecule has 1 unspecified atom stereocenters. The molecule has 0 saturated carbocycles. The normalized spacial score (nSPS) is 19.0. The molecule has 0 radical (unpaired) electrons. The van der Waals surface area contributed by atoms with Crippen molar-refractivity contribution in [3.8, 4) is 11.9 Å². The fourth-order valence-corrected chi connectivity index (χ4v) is 2.29. The summed E-state index contributed by atoms with van der Waals surface area (Å²) >= 11 is 0. The van der Waals surface area contributed by atoms with Crippen LogP contribution in [0.5, 0.6) is 5.88 Å². The molecule has 114 valence electrons. The Hall–Kier alpha value is -1.81. The Morgan fingerprint density at radius 3 is 2.86 bits per heavy atom. The van der Waals surface area contributed by atoms with Crippen LogP contribution in [0.25, 0.3) is 0 Å². The van der Waals surface area contributed by atoms with Crippen LogP contribution in [0.15, 0.2) is 12.1 Å². The number of nitriles is 1. The van der Waals surface area contributed by atoms with Gasteiger partial charge >= 0.3 is 6.18 Å². The fourth-order valence-electron chi connectivity index (χ4n) is 2.29. The van der Waals surface area contributed by atoms with E-state index in [4.69, 9.17) is 10.00 Å². The molecular weight excluding hydrogens is 283 g/mol. The molecular formula is C14H16F3N3O. The number of nitrogens with one attached hydrogen (secondary N) is 1. The molecule has 1 aromatic heterocycles. The third-order valence-electron chi connectivity index (χ3n) is 3.43. The lowest BCUT2D eigenvalue weighted by Crippen LogP contribution is -2.30. The second-order valence-electron chi connectivity index (χ2n) is 5.01. The van der Waals surface area contributed by atoms with Gasteiger partial charge in [-0.05, 0) is 50.4 Å². The van der Waals surface area contributed by atoms with Crippen LogP contribution in [0.3, 0.4) is 0 Å². The van der Waals surface area contributed by atoms with Gasteiger partial charge in [0, 0.05) is 0 Å². The zero-order chi connectivity index (χ0) is 15.3. The molecule has 7 heteroatoms. The number of nitrogens with zero attached hydrogens (tertiary/aromatic N) is 2. The number of pyridine rings is 1. The molecule has 0 aliphatic carbocycles. The molecule has 2 heterocycles. The van der Waals surface area contributed by atoms with Crippen LogP contribution in [0.1, 0.15) is 30.5 Å². The molecule has 0 spiro atoms. The molecule has 0 bridgehead atoms. The number of hydrogen-bond donors (Lipinski definition) is 1. The average Bonchev–Trinajstić information content (AvgIpc) is 2.47. The van der Waals surface area contributed by atoms with Crippen LogP contribution in [-0.2, 0) is 6.18 Å². The van der Waals surface area contributed by atoms with E-state index in [1.807, 2.05) is 0 Å².